The van der Waals surface area contributed by atoms with E-state index in [-0.39, 0.29) is 258 Å². The molecular weight excluding hydrogens is 1560 g/mol. The van der Waals surface area contributed by atoms with Gasteiger partial charge in [0.2, 0.25) is 17.7 Å². The summed E-state index contributed by atoms with van der Waals surface area (Å²) in [5.41, 5.74) is -4.44. The summed E-state index contributed by atoms with van der Waals surface area (Å²) < 4.78 is 115. The van der Waals surface area contributed by atoms with Crippen molar-refractivity contribution in [1.29, 1.82) is 0 Å². The molecule has 4 aromatic rings. The number of pyridine rings is 2. The van der Waals surface area contributed by atoms with Crippen molar-refractivity contribution < 1.29 is 298 Å². The van der Waals surface area contributed by atoms with Gasteiger partial charge in [0.1, 0.15) is 45.8 Å². The topological polar surface area (TPSA) is 345 Å². The first-order valence-corrected chi connectivity index (χ1v) is 31.3. The number of ketones is 2. The Morgan fingerprint density at radius 3 is 1.39 bits per heavy atom. The average Bonchev–Trinajstić information content (AvgIpc) is 0.741. The molecule has 37 heteroatoms. The van der Waals surface area contributed by atoms with Gasteiger partial charge < -0.3 is 117 Å². The number of halogens is 6. The van der Waals surface area contributed by atoms with Crippen LogP contribution in [0.1, 0.15) is 108 Å². The first-order valence-electron chi connectivity index (χ1n) is 30.7. The summed E-state index contributed by atoms with van der Waals surface area (Å²) in [6, 6.07) is 5.76. The van der Waals surface area contributed by atoms with Crippen LogP contribution in [0, 0.1) is 40.0 Å². The number of amides is 3. The minimum Gasteiger partial charge on any atom is -1.00 e. The Balaban J connectivity index is 0.00000141. The molecule has 2 aromatic heterocycles. The molecule has 0 saturated carbocycles. The molecule has 5 aliphatic rings. The number of carbonyl (C=O) groups excluding carboxylic acids is 7. The molecule has 101 heavy (non-hydrogen) atoms. The van der Waals surface area contributed by atoms with Gasteiger partial charge in [-0.3, -0.25) is 38.4 Å². The zero-order chi connectivity index (χ0) is 71.2. The Morgan fingerprint density at radius 2 is 1.04 bits per heavy atom. The van der Waals surface area contributed by atoms with E-state index >= 15 is 0 Å². The quantitative estimate of drug-likeness (QED) is 0.0137. The van der Waals surface area contributed by atoms with E-state index < -0.39 is 111 Å². The van der Waals surface area contributed by atoms with Crippen LogP contribution in [0.5, 0.6) is 11.5 Å². The number of aromatic hydroxyl groups is 1. The molecule has 0 unspecified atom stereocenters. The summed E-state index contributed by atoms with van der Waals surface area (Å²) in [6.45, 7) is 13.8. The van der Waals surface area contributed by atoms with Crippen molar-refractivity contribution in [3.63, 3.8) is 0 Å². The number of alkyl halides is 1. The van der Waals surface area contributed by atoms with Crippen molar-refractivity contribution in [2.75, 3.05) is 119 Å². The van der Waals surface area contributed by atoms with E-state index in [4.69, 9.17) is 69.0 Å². The molecule has 3 saturated heterocycles. The number of hydrogen-bond donors (Lipinski definition) is 3. The Morgan fingerprint density at radius 1 is 0.663 bits per heavy atom. The molecule has 2 aromatic carbocycles. The van der Waals surface area contributed by atoms with Crippen LogP contribution in [0.25, 0.3) is 0 Å². The number of ether oxygens (including phenoxy) is 11. The van der Waals surface area contributed by atoms with Gasteiger partial charge in [0.15, 0.2) is 29.1 Å². The summed E-state index contributed by atoms with van der Waals surface area (Å²) >= 11 is 5.07. The Labute approximate surface area is 731 Å². The fourth-order valence-electron chi connectivity index (χ4n) is 10.1. The number of esters is 1. The number of nitrogens with zero attached hydrogens (tertiary/aromatic N) is 3. The van der Waals surface area contributed by atoms with Crippen molar-refractivity contribution in [3.8, 4) is 11.5 Å². The number of nitrogens with one attached hydrogen (secondary N) is 2. The standard InChI is InChI=1S/C26H28F2N2O7.C21H20F2N2O5.C12H24O6.C4H8ClNO2.CH2O3.HI.3K.H/c1-14(2)25(34)37-13-36-22-20-23(32)26(3)7-4-8-35-19(26)12-30(20)11-17(21(22)31)24(33)29-10-15-5-6-16(27)9-18(15)28;1-21-5-2-6-30-15(21)10-25-9-13(17(26)18(27)16(25)19(21)28)20(29)24-8-11-3-4-12(22)7-14(11)23;1-2-14-5-6-16-9-10-18-12-11-17-8-7-15-4-3-13-1;1-6(2)4(7)8-3-5;2-1-4-3;;;;;/h5-6,9,11,14,19H,4,7-8,10,12-13H2,1-3H3,(H,29,33);3-4,7,9,15,27H,2,5-6,8,10H2,1H3,(H,24,29);1-12H2;3H2,1-2H3;1,3H;1H;;;;/q;;;;;;3*+1;-1/p-2/t19-,26-;15-,21-;;;;;;;;/m00......../s1. The SMILES string of the molecule is C1COCCOCCOCCOCCOCCO1.CC(C)C(=O)OCOc1c2n(cc(C(=O)NCc3ccc(F)cc3F)c1=O)C[C@@H]1OCCC[C@]1(C)C2=O.CN(C)C(=O)OCCl.C[C@]12CCCO[C@H]1Cn1cc(C(=O)NCc3ccc(F)cc3F)c(=O)c(O)c1C2=O.O=CO[O-].[H-].[I-].[K+].[K+].[K+]. The van der Waals surface area contributed by atoms with Crippen LogP contribution in [-0.2, 0) is 88.0 Å². The van der Waals surface area contributed by atoms with Gasteiger partial charge in [-0.1, -0.05) is 37.6 Å². The van der Waals surface area contributed by atoms with Crippen LogP contribution in [0.15, 0.2) is 58.4 Å². The third kappa shape index (κ3) is 29.7. The largest absolute Gasteiger partial charge is 1.00 e. The predicted octanol–water partition coefficient (Wildman–Crippen LogP) is -7.34. The second-order valence-electron chi connectivity index (χ2n) is 22.8. The number of aromatic nitrogens is 2. The van der Waals surface area contributed by atoms with Gasteiger partial charge in [0, 0.05) is 76.1 Å². The number of carbonyl (C=O) groups is 7. The first-order chi connectivity index (χ1) is 46.3. The summed E-state index contributed by atoms with van der Waals surface area (Å²) in [7, 11) is 3.18. The van der Waals surface area contributed by atoms with E-state index in [9.17, 15) is 61.0 Å². The smallest absolute Gasteiger partial charge is 1.00 e. The number of rotatable bonds is 12. The predicted molar refractivity (Wildman–Crippen MR) is 331 cm³/mol. The first kappa shape index (κ1) is 96.7. The number of fused-ring (bicyclic) bond motifs is 4. The molecule has 9 rings (SSSR count). The van der Waals surface area contributed by atoms with Gasteiger partial charge in [0.05, 0.1) is 121 Å². The molecule has 4 atom stereocenters. The van der Waals surface area contributed by atoms with Gasteiger partial charge in [-0.15, -0.1) is 0 Å². The molecule has 0 spiro atoms. The summed E-state index contributed by atoms with van der Waals surface area (Å²) in [6.07, 6.45) is 3.64. The van der Waals surface area contributed by atoms with E-state index in [1.165, 1.54) is 38.6 Å². The molecule has 3 fully saturated rings. The Bertz CT molecular complexity index is 3390. The van der Waals surface area contributed by atoms with Crippen LogP contribution in [0.2, 0.25) is 0 Å². The van der Waals surface area contributed by atoms with Crippen LogP contribution in [-0.4, -0.2) is 193 Å². The minimum atomic E-state index is -0.981. The van der Waals surface area contributed by atoms with Gasteiger partial charge in [0.25, 0.3) is 18.3 Å². The molecule has 0 aliphatic carbocycles. The molecule has 546 valence electrons. The molecule has 28 nitrogen and oxygen atoms in total. The number of hydrogen-bond acceptors (Lipinski definition) is 23. The summed E-state index contributed by atoms with van der Waals surface area (Å²) in [4.78, 5) is 113. The summed E-state index contributed by atoms with van der Waals surface area (Å²) in [5.74, 6) is -7.86. The zero-order valence-corrected chi connectivity index (χ0v) is 70.2. The van der Waals surface area contributed by atoms with E-state index in [0.717, 1.165) is 12.1 Å². The maximum Gasteiger partial charge on any atom is 1.00 e. The maximum absolute atomic E-state index is 14.0. The summed E-state index contributed by atoms with van der Waals surface area (Å²) in [5, 5.41) is 23.7. The Hall–Kier alpha value is -2.28. The molecule has 7 heterocycles. The second kappa shape index (κ2) is 50.4. The number of Topliss-reactive ketones (excluding diaryl/α,β-unsaturated/α-hetero) is 2. The second-order valence-corrected chi connectivity index (χ2v) is 23.1. The van der Waals surface area contributed by atoms with Gasteiger partial charge in [-0.05, 0) is 51.7 Å². The number of benzene rings is 2. The maximum atomic E-state index is 14.0. The van der Waals surface area contributed by atoms with Crippen molar-refractivity contribution >= 4 is 53.5 Å². The van der Waals surface area contributed by atoms with Crippen LogP contribution in [0.4, 0.5) is 22.4 Å². The molecule has 0 radical (unpaired) electrons. The van der Waals surface area contributed by atoms with E-state index in [0.29, 0.717) is 130 Å². The molecule has 3 N–H and O–H groups in total. The molecular formula is C64H82ClF4IK3N5O23. The van der Waals surface area contributed by atoms with Crippen molar-refractivity contribution in [2.45, 2.75) is 91.8 Å². The van der Waals surface area contributed by atoms with Crippen LogP contribution >= 0.6 is 11.6 Å². The average molecular weight is 1650 g/mol. The van der Waals surface area contributed by atoms with Crippen molar-refractivity contribution in [1.82, 2.24) is 24.7 Å². The van der Waals surface area contributed by atoms with Crippen molar-refractivity contribution in [2.24, 2.45) is 16.7 Å². The van der Waals surface area contributed by atoms with Gasteiger partial charge >= 0.3 is 166 Å². The zero-order valence-electron chi connectivity index (χ0n) is 58.9. The monoisotopic (exact) mass is 1640 g/mol. The van der Waals surface area contributed by atoms with Crippen LogP contribution in [0.3, 0.4) is 0 Å². The molecule has 5 aliphatic heterocycles. The van der Waals surface area contributed by atoms with Gasteiger partial charge in [-0.2, -0.15) is 0 Å². The fourth-order valence-corrected chi connectivity index (χ4v) is 10.2. The minimum absolute atomic E-state index is 0. The van der Waals surface area contributed by atoms with E-state index in [1.807, 2.05) is 0 Å². The third-order valence-electron chi connectivity index (χ3n) is 15.5. The normalized spacial score (nSPS) is 19.5. The Kier molecular flexibility index (Phi) is 48.2. The van der Waals surface area contributed by atoms with Crippen molar-refractivity contribution in [3.05, 3.63) is 126 Å². The third-order valence-corrected chi connectivity index (χ3v) is 15.6. The van der Waals surface area contributed by atoms with E-state index in [2.05, 4.69) is 20.3 Å². The van der Waals surface area contributed by atoms with Gasteiger partial charge in [-0.25, -0.2) is 22.4 Å². The molecule has 0 bridgehead atoms. The van der Waals surface area contributed by atoms with E-state index in [1.54, 1.807) is 41.8 Å². The molecule has 3 amide bonds. The van der Waals surface area contributed by atoms with Crippen LogP contribution < -0.4 is 210 Å². The fraction of sp³-hybridized carbons (Fsp3) is 0.547.